The quantitative estimate of drug-likeness (QED) is 0.439. The third-order valence-corrected chi connectivity index (χ3v) is 8.78. The van der Waals surface area contributed by atoms with Gasteiger partial charge < -0.3 is 25.0 Å². The lowest BCUT2D eigenvalue weighted by molar-refractivity contribution is -0.151. The summed E-state index contributed by atoms with van der Waals surface area (Å²) >= 11 is 0. The summed E-state index contributed by atoms with van der Waals surface area (Å²) in [6.07, 6.45) is 2.72. The summed E-state index contributed by atoms with van der Waals surface area (Å²) in [5.74, 6) is -0.530. The maximum Gasteiger partial charge on any atom is 0.248 e. The summed E-state index contributed by atoms with van der Waals surface area (Å²) in [6.45, 7) is 1.13. The van der Waals surface area contributed by atoms with E-state index >= 15 is 0 Å². The number of piperazine rings is 1. The van der Waals surface area contributed by atoms with Gasteiger partial charge in [0.2, 0.25) is 17.7 Å². The van der Waals surface area contributed by atoms with Crippen LogP contribution >= 0.6 is 0 Å². The molecule has 3 N–H and O–H groups in total. The molecule has 0 saturated carbocycles. The standard InChI is InChI=1S/C31H30FN5O5/c32-22-6-3-19(4-7-22)25-15-34-31(17-41-10-11-42-18-31)29(40)37(25)16-26(38)35-23-8-5-20-13-30(14-21(20)12-23)24-2-1-9-33-27(24)36-28(30)39/h1-9,12,25,34H,10-11,13-18H2,(H,35,38)(H,33,36,39)/t25?,30-/m1/s1. The molecule has 10 nitrogen and oxygen atoms in total. The summed E-state index contributed by atoms with van der Waals surface area (Å²) in [5.41, 5.74) is 2.39. The highest BCUT2D eigenvalue weighted by atomic mass is 19.1. The number of anilines is 2. The molecule has 2 fully saturated rings. The fraction of sp³-hybridized carbons (Fsp3) is 0.355. The first-order valence-corrected chi connectivity index (χ1v) is 14.0. The minimum Gasteiger partial charge on any atom is -0.376 e. The molecule has 42 heavy (non-hydrogen) atoms. The first-order valence-electron chi connectivity index (χ1n) is 14.0. The van der Waals surface area contributed by atoms with Gasteiger partial charge in [0.15, 0.2) is 0 Å². The second kappa shape index (κ2) is 10.3. The van der Waals surface area contributed by atoms with Crippen LogP contribution in [0, 0.1) is 5.82 Å². The van der Waals surface area contributed by atoms with E-state index in [0.29, 0.717) is 49.7 Å². The number of pyridine rings is 1. The van der Waals surface area contributed by atoms with Gasteiger partial charge in [0, 0.05) is 24.0 Å². The van der Waals surface area contributed by atoms with Crippen molar-refractivity contribution in [1.29, 1.82) is 0 Å². The highest BCUT2D eigenvalue weighted by Gasteiger charge is 2.51. The topological polar surface area (TPSA) is 122 Å². The van der Waals surface area contributed by atoms with Gasteiger partial charge in [-0.1, -0.05) is 24.3 Å². The summed E-state index contributed by atoms with van der Waals surface area (Å²) in [6, 6.07) is 14.9. The molecule has 0 radical (unpaired) electrons. The highest BCUT2D eigenvalue weighted by molar-refractivity contribution is 6.06. The van der Waals surface area contributed by atoms with E-state index in [2.05, 4.69) is 20.9 Å². The van der Waals surface area contributed by atoms with Gasteiger partial charge in [-0.3, -0.25) is 19.7 Å². The van der Waals surface area contributed by atoms with Gasteiger partial charge in [-0.25, -0.2) is 9.37 Å². The van der Waals surface area contributed by atoms with E-state index in [9.17, 15) is 18.8 Å². The molecule has 3 aliphatic heterocycles. The Morgan fingerprint density at radius 1 is 1.05 bits per heavy atom. The monoisotopic (exact) mass is 571 g/mol. The first kappa shape index (κ1) is 26.7. The number of aromatic nitrogens is 1. The number of carbonyl (C=O) groups is 3. The summed E-state index contributed by atoms with van der Waals surface area (Å²) in [4.78, 5) is 46.3. The molecule has 7 rings (SSSR count). The van der Waals surface area contributed by atoms with E-state index in [1.165, 1.54) is 17.0 Å². The number of hydrogen-bond acceptors (Lipinski definition) is 7. The molecule has 2 atom stereocenters. The van der Waals surface area contributed by atoms with Crippen LogP contribution < -0.4 is 16.0 Å². The Morgan fingerprint density at radius 2 is 1.81 bits per heavy atom. The van der Waals surface area contributed by atoms with Crippen LogP contribution in [-0.2, 0) is 42.1 Å². The predicted octanol–water partition coefficient (Wildman–Crippen LogP) is 2.11. The molecule has 3 amide bonds. The summed E-state index contributed by atoms with van der Waals surface area (Å²) in [7, 11) is 0. The van der Waals surface area contributed by atoms with Crippen LogP contribution in [0.1, 0.15) is 28.3 Å². The Balaban J connectivity index is 1.11. The molecule has 11 heteroatoms. The molecular weight excluding hydrogens is 541 g/mol. The minimum atomic E-state index is -1.11. The fourth-order valence-electron chi connectivity index (χ4n) is 6.64. The smallest absolute Gasteiger partial charge is 0.248 e. The zero-order valence-corrected chi connectivity index (χ0v) is 22.8. The van der Waals surface area contributed by atoms with E-state index in [4.69, 9.17) is 9.47 Å². The number of rotatable bonds is 4. The van der Waals surface area contributed by atoms with Gasteiger partial charge in [-0.2, -0.15) is 0 Å². The van der Waals surface area contributed by atoms with Gasteiger partial charge in [-0.05, 0) is 59.9 Å². The number of halogens is 1. The minimum absolute atomic E-state index is 0.0672. The third-order valence-electron chi connectivity index (χ3n) is 8.78. The largest absolute Gasteiger partial charge is 0.376 e. The van der Waals surface area contributed by atoms with E-state index < -0.39 is 17.0 Å². The lowest BCUT2D eigenvalue weighted by Crippen LogP contribution is -2.69. The average molecular weight is 572 g/mol. The van der Waals surface area contributed by atoms with Crippen LogP contribution in [0.4, 0.5) is 15.9 Å². The van der Waals surface area contributed by atoms with Crippen molar-refractivity contribution in [2.45, 2.75) is 29.8 Å². The van der Waals surface area contributed by atoms with E-state index in [1.54, 1.807) is 18.3 Å². The number of fused-ring (bicyclic) bond motifs is 3. The van der Waals surface area contributed by atoms with Gasteiger partial charge >= 0.3 is 0 Å². The maximum atomic E-state index is 13.9. The highest BCUT2D eigenvalue weighted by Crippen LogP contribution is 2.47. The Morgan fingerprint density at radius 3 is 2.60 bits per heavy atom. The molecule has 3 aromatic rings. The Bertz CT molecular complexity index is 1570. The molecule has 0 bridgehead atoms. The molecule has 2 spiro atoms. The van der Waals surface area contributed by atoms with Crippen LogP contribution in [0.2, 0.25) is 0 Å². The van der Waals surface area contributed by atoms with E-state index in [-0.39, 0.29) is 43.3 Å². The van der Waals surface area contributed by atoms with Crippen molar-refractivity contribution in [2.75, 3.05) is 50.2 Å². The molecular formula is C31H30FN5O5. The van der Waals surface area contributed by atoms with Gasteiger partial charge in [-0.15, -0.1) is 0 Å². The maximum absolute atomic E-state index is 13.9. The second-order valence-corrected chi connectivity index (χ2v) is 11.4. The number of benzene rings is 2. The summed E-state index contributed by atoms with van der Waals surface area (Å²) in [5, 5.41) is 9.15. The average Bonchev–Trinajstić information content (AvgIpc) is 3.38. The zero-order chi connectivity index (χ0) is 28.9. The second-order valence-electron chi connectivity index (χ2n) is 11.4. The van der Waals surface area contributed by atoms with Crippen molar-refractivity contribution >= 4 is 29.2 Å². The van der Waals surface area contributed by atoms with Crippen LogP contribution in [-0.4, -0.2) is 72.7 Å². The molecule has 4 aliphatic rings. The van der Waals surface area contributed by atoms with Crippen molar-refractivity contribution in [1.82, 2.24) is 15.2 Å². The number of nitrogens with zero attached hydrogens (tertiary/aromatic N) is 2. The lowest BCUT2D eigenvalue weighted by atomic mass is 9.79. The summed E-state index contributed by atoms with van der Waals surface area (Å²) < 4.78 is 25.0. The Hall–Kier alpha value is -4.19. The van der Waals surface area contributed by atoms with Gasteiger partial charge in [0.25, 0.3) is 0 Å². The third kappa shape index (κ3) is 4.44. The van der Waals surface area contributed by atoms with Crippen molar-refractivity contribution < 1.29 is 28.2 Å². The van der Waals surface area contributed by atoms with Crippen LogP contribution in [0.25, 0.3) is 0 Å². The van der Waals surface area contributed by atoms with Crippen molar-refractivity contribution in [3.05, 3.63) is 88.9 Å². The Kier molecular flexibility index (Phi) is 6.52. The van der Waals surface area contributed by atoms with Crippen molar-refractivity contribution in [2.24, 2.45) is 0 Å². The molecule has 1 unspecified atom stereocenters. The van der Waals surface area contributed by atoms with E-state index in [0.717, 1.165) is 16.7 Å². The first-order chi connectivity index (χ1) is 20.4. The van der Waals surface area contributed by atoms with Crippen LogP contribution in [0.15, 0.2) is 60.8 Å². The zero-order valence-electron chi connectivity index (χ0n) is 22.8. The van der Waals surface area contributed by atoms with Gasteiger partial charge in [0.1, 0.15) is 23.7 Å². The number of nitrogens with one attached hydrogen (secondary N) is 3. The van der Waals surface area contributed by atoms with E-state index in [1.807, 2.05) is 30.3 Å². The van der Waals surface area contributed by atoms with Gasteiger partial charge in [0.05, 0.1) is 37.9 Å². The number of ether oxygens (including phenoxy) is 2. The SMILES string of the molecule is O=C(CN1C(=O)C2(COCCOC2)NCC1c1ccc(F)cc1)Nc1ccc2c(c1)C[C@@]1(C2)C(=O)Nc2ncccc21. The molecule has 4 heterocycles. The van der Waals surface area contributed by atoms with Crippen molar-refractivity contribution in [3.8, 4) is 0 Å². The molecule has 2 saturated heterocycles. The normalized spacial score (nSPS) is 24.3. The van der Waals surface area contributed by atoms with Crippen molar-refractivity contribution in [3.63, 3.8) is 0 Å². The molecule has 1 aliphatic carbocycles. The van der Waals surface area contributed by atoms with Crippen LogP contribution in [0.5, 0.6) is 0 Å². The number of carbonyl (C=O) groups excluding carboxylic acids is 3. The fourth-order valence-corrected chi connectivity index (χ4v) is 6.64. The van der Waals surface area contributed by atoms with Crippen LogP contribution in [0.3, 0.4) is 0 Å². The molecule has 2 aromatic carbocycles. The predicted molar refractivity (Wildman–Crippen MR) is 150 cm³/mol. The number of hydrogen-bond donors (Lipinski definition) is 3. The number of amides is 3. The molecule has 216 valence electrons. The molecule has 1 aromatic heterocycles. The Labute approximate surface area is 241 Å². The lowest BCUT2D eigenvalue weighted by Gasteiger charge is -2.45.